The normalized spacial score (nSPS) is 14.6. The fraction of sp³-hybridized carbons (Fsp3) is 0.212. The Labute approximate surface area is 260 Å². The monoisotopic (exact) mass is 660 g/mol. The minimum absolute atomic E-state index is 0.239. The number of hydrogen-bond acceptors (Lipinski definition) is 8. The quantitative estimate of drug-likeness (QED) is 0.226. The highest BCUT2D eigenvalue weighted by Gasteiger charge is 2.33. The van der Waals surface area contributed by atoms with Crippen LogP contribution in [0.5, 0.6) is 5.75 Å². The first-order valence-electron chi connectivity index (χ1n) is 13.7. The molecule has 220 valence electrons. The van der Waals surface area contributed by atoms with Crippen LogP contribution in [-0.2, 0) is 20.9 Å². The number of fused-ring (bicyclic) bond motifs is 1. The van der Waals surface area contributed by atoms with Gasteiger partial charge in [0.1, 0.15) is 12.4 Å². The molecule has 10 heteroatoms. The number of hydrogen-bond donors (Lipinski definition) is 0. The number of nitrogens with zero attached hydrogens (tertiary/aromatic N) is 2. The predicted octanol–water partition coefficient (Wildman–Crippen LogP) is 5.32. The van der Waals surface area contributed by atoms with Gasteiger partial charge in [-0.25, -0.2) is 14.6 Å². The van der Waals surface area contributed by atoms with Crippen molar-refractivity contribution < 1.29 is 23.8 Å². The minimum atomic E-state index is -0.643. The van der Waals surface area contributed by atoms with Crippen molar-refractivity contribution in [3.05, 3.63) is 130 Å². The first kappa shape index (κ1) is 30.2. The minimum Gasteiger partial charge on any atom is -0.488 e. The van der Waals surface area contributed by atoms with Gasteiger partial charge in [0.2, 0.25) is 0 Å². The summed E-state index contributed by atoms with van der Waals surface area (Å²) in [6, 6.07) is 21.5. The summed E-state index contributed by atoms with van der Waals surface area (Å²) in [6.07, 6.45) is 2.32. The molecule has 5 rings (SSSR count). The number of aromatic nitrogens is 1. The predicted molar refractivity (Wildman–Crippen MR) is 168 cm³/mol. The zero-order valence-electron chi connectivity index (χ0n) is 23.8. The SMILES string of the molecule is CCOC(=O)c1ccc(COc2ccc(/C=c3/sc4n(c3=O)[C@H](c3ccccc3)C(C(=O)OC)=C(CC)N=4)cc2Br)cc1. The molecule has 2 heterocycles. The summed E-state index contributed by atoms with van der Waals surface area (Å²) in [4.78, 5) is 43.8. The Morgan fingerprint density at radius 3 is 2.42 bits per heavy atom. The fourth-order valence-electron chi connectivity index (χ4n) is 4.80. The van der Waals surface area contributed by atoms with Crippen LogP contribution in [-0.4, -0.2) is 30.2 Å². The van der Waals surface area contributed by atoms with Crippen LogP contribution in [0.25, 0.3) is 6.08 Å². The number of esters is 2. The molecule has 8 nitrogen and oxygen atoms in total. The van der Waals surface area contributed by atoms with E-state index in [9.17, 15) is 14.4 Å². The van der Waals surface area contributed by atoms with Crippen molar-refractivity contribution in [2.45, 2.75) is 32.9 Å². The summed E-state index contributed by atoms with van der Waals surface area (Å²) in [6.45, 7) is 4.33. The lowest BCUT2D eigenvalue weighted by molar-refractivity contribution is -0.136. The summed E-state index contributed by atoms with van der Waals surface area (Å²) in [5, 5.41) is 0. The molecule has 0 radical (unpaired) electrons. The van der Waals surface area contributed by atoms with Crippen LogP contribution in [0.2, 0.25) is 0 Å². The third kappa shape index (κ3) is 6.40. The van der Waals surface area contributed by atoms with E-state index in [1.54, 1.807) is 23.6 Å². The van der Waals surface area contributed by atoms with Crippen molar-refractivity contribution >= 4 is 45.3 Å². The van der Waals surface area contributed by atoms with E-state index in [2.05, 4.69) is 15.9 Å². The Morgan fingerprint density at radius 2 is 1.77 bits per heavy atom. The maximum Gasteiger partial charge on any atom is 0.338 e. The number of allylic oxidation sites excluding steroid dienone is 1. The van der Waals surface area contributed by atoms with Crippen molar-refractivity contribution in [2.75, 3.05) is 13.7 Å². The lowest BCUT2D eigenvalue weighted by atomic mass is 9.95. The van der Waals surface area contributed by atoms with Crippen LogP contribution in [0, 0.1) is 0 Å². The average molecular weight is 662 g/mol. The maximum atomic E-state index is 13.8. The molecule has 0 saturated heterocycles. The molecule has 1 aromatic heterocycles. The lowest BCUT2D eigenvalue weighted by Crippen LogP contribution is -2.40. The third-order valence-electron chi connectivity index (χ3n) is 6.88. The van der Waals surface area contributed by atoms with Crippen molar-refractivity contribution in [3.8, 4) is 5.75 Å². The maximum absolute atomic E-state index is 13.8. The van der Waals surface area contributed by atoms with Crippen LogP contribution in [0.15, 0.2) is 98.3 Å². The first-order valence-corrected chi connectivity index (χ1v) is 15.3. The molecule has 4 aromatic rings. The molecular formula is C33H29BrN2O6S. The van der Waals surface area contributed by atoms with Gasteiger partial charge in [-0.2, -0.15) is 0 Å². The van der Waals surface area contributed by atoms with Crippen LogP contribution in [0.1, 0.15) is 53.4 Å². The van der Waals surface area contributed by atoms with Crippen LogP contribution in [0.3, 0.4) is 0 Å². The van der Waals surface area contributed by atoms with Gasteiger partial charge in [-0.1, -0.05) is 66.8 Å². The molecule has 1 aliphatic rings. The van der Waals surface area contributed by atoms with E-state index in [1.807, 2.05) is 73.7 Å². The van der Waals surface area contributed by atoms with Crippen molar-refractivity contribution in [3.63, 3.8) is 0 Å². The fourth-order valence-corrected chi connectivity index (χ4v) is 6.33. The number of carbonyl (C=O) groups is 2. The number of halogens is 1. The molecule has 43 heavy (non-hydrogen) atoms. The summed E-state index contributed by atoms with van der Waals surface area (Å²) in [5.41, 5.74) is 3.72. The van der Waals surface area contributed by atoms with Crippen LogP contribution >= 0.6 is 27.3 Å². The van der Waals surface area contributed by atoms with Crippen LogP contribution in [0.4, 0.5) is 0 Å². The highest BCUT2D eigenvalue weighted by molar-refractivity contribution is 9.10. The van der Waals surface area contributed by atoms with Gasteiger partial charge in [0.05, 0.1) is 45.6 Å². The van der Waals surface area contributed by atoms with E-state index in [4.69, 9.17) is 19.2 Å². The molecule has 1 atom stereocenters. The van der Waals surface area contributed by atoms with Gasteiger partial charge in [0, 0.05) is 0 Å². The Bertz CT molecular complexity index is 1880. The largest absolute Gasteiger partial charge is 0.488 e. The van der Waals surface area contributed by atoms with Gasteiger partial charge < -0.3 is 14.2 Å². The van der Waals surface area contributed by atoms with E-state index in [0.29, 0.717) is 51.6 Å². The zero-order valence-corrected chi connectivity index (χ0v) is 26.2. The number of rotatable bonds is 9. The van der Waals surface area contributed by atoms with Crippen LogP contribution < -0.4 is 19.6 Å². The molecular weight excluding hydrogens is 632 g/mol. The zero-order chi connectivity index (χ0) is 30.5. The number of methoxy groups -OCH3 is 1. The molecule has 0 fully saturated rings. The van der Waals surface area contributed by atoms with Crippen molar-refractivity contribution in [1.82, 2.24) is 4.57 Å². The second kappa shape index (κ2) is 13.4. The molecule has 0 saturated carbocycles. The van der Waals surface area contributed by atoms with E-state index in [1.165, 1.54) is 18.4 Å². The van der Waals surface area contributed by atoms with E-state index < -0.39 is 12.0 Å². The number of ether oxygens (including phenoxy) is 3. The van der Waals surface area contributed by atoms with Gasteiger partial charge in [-0.15, -0.1) is 0 Å². The van der Waals surface area contributed by atoms with E-state index >= 15 is 0 Å². The van der Waals surface area contributed by atoms with Crippen molar-refractivity contribution in [1.29, 1.82) is 0 Å². The van der Waals surface area contributed by atoms with Gasteiger partial charge in [-0.3, -0.25) is 9.36 Å². The number of thiazole rings is 1. The smallest absolute Gasteiger partial charge is 0.338 e. The molecule has 0 bridgehead atoms. The van der Waals surface area contributed by atoms with Gasteiger partial charge in [0.25, 0.3) is 5.56 Å². The summed E-state index contributed by atoms with van der Waals surface area (Å²) < 4.78 is 18.9. The van der Waals surface area contributed by atoms with E-state index in [0.717, 1.165) is 21.2 Å². The molecule has 0 unspecified atom stereocenters. The standard InChI is InChI=1S/C33H29BrN2O6S/c1-4-25-28(32(39)40-3)29(22-9-7-6-8-10-22)36-30(37)27(43-33(36)35-25)18-21-13-16-26(24(34)17-21)42-19-20-11-14-23(15-12-20)31(38)41-5-2/h6-18,29H,4-5,19H2,1-3H3/b27-18+/t29-/m1/s1. The summed E-state index contributed by atoms with van der Waals surface area (Å²) in [7, 11) is 1.34. The average Bonchev–Trinajstić information content (AvgIpc) is 3.34. The Kier molecular flexibility index (Phi) is 9.37. The van der Waals surface area contributed by atoms with Gasteiger partial charge in [-0.05, 0) is 76.3 Å². The molecule has 0 amide bonds. The van der Waals surface area contributed by atoms with Crippen molar-refractivity contribution in [2.24, 2.45) is 4.99 Å². The number of carbonyl (C=O) groups excluding carboxylic acids is 2. The summed E-state index contributed by atoms with van der Waals surface area (Å²) >= 11 is 4.87. The molecule has 0 N–H and O–H groups in total. The Morgan fingerprint density at radius 1 is 1.02 bits per heavy atom. The second-order valence-corrected chi connectivity index (χ2v) is 11.5. The molecule has 1 aliphatic heterocycles. The first-order chi connectivity index (χ1) is 20.8. The topological polar surface area (TPSA) is 96.2 Å². The Hall–Kier alpha value is -4.28. The number of benzene rings is 3. The summed E-state index contributed by atoms with van der Waals surface area (Å²) in [5.74, 6) is -0.225. The molecule has 0 aliphatic carbocycles. The highest BCUT2D eigenvalue weighted by Crippen LogP contribution is 2.32. The van der Waals surface area contributed by atoms with Gasteiger partial charge >= 0.3 is 11.9 Å². The van der Waals surface area contributed by atoms with E-state index in [-0.39, 0.29) is 11.5 Å². The lowest BCUT2D eigenvalue weighted by Gasteiger charge is -2.25. The molecule has 3 aromatic carbocycles. The molecule has 0 spiro atoms. The third-order valence-corrected chi connectivity index (χ3v) is 8.48. The Balaban J connectivity index is 1.44. The highest BCUT2D eigenvalue weighted by atomic mass is 79.9. The second-order valence-electron chi connectivity index (χ2n) is 9.59. The van der Waals surface area contributed by atoms with Gasteiger partial charge in [0.15, 0.2) is 4.80 Å².